The molecule has 0 aromatic heterocycles. The second kappa shape index (κ2) is 5.48. The number of hydrogen-bond acceptors (Lipinski definition) is 3. The van der Waals surface area contributed by atoms with Crippen molar-refractivity contribution in [1.82, 2.24) is 5.32 Å². The Bertz CT molecular complexity index is 656. The van der Waals surface area contributed by atoms with Gasteiger partial charge in [0.05, 0.1) is 11.4 Å². The summed E-state index contributed by atoms with van der Waals surface area (Å²) < 4.78 is 0. The van der Waals surface area contributed by atoms with Crippen LogP contribution in [0.1, 0.15) is 28.4 Å². The lowest BCUT2D eigenvalue weighted by Crippen LogP contribution is -2.23. The van der Waals surface area contributed by atoms with Crippen LogP contribution in [0.4, 0.5) is 11.4 Å². The van der Waals surface area contributed by atoms with Crippen LogP contribution in [0.5, 0.6) is 0 Å². The van der Waals surface area contributed by atoms with Crippen LogP contribution >= 0.6 is 0 Å². The molecule has 4 heteroatoms. The Morgan fingerprint density at radius 2 is 1.86 bits per heavy atom. The van der Waals surface area contributed by atoms with Gasteiger partial charge >= 0.3 is 0 Å². The molecule has 0 bridgehead atoms. The topological polar surface area (TPSA) is 58.4 Å². The van der Waals surface area contributed by atoms with E-state index >= 15 is 0 Å². The molecule has 0 unspecified atom stereocenters. The number of nitrogens with two attached hydrogens (primary N) is 1. The van der Waals surface area contributed by atoms with E-state index < -0.39 is 0 Å². The first-order valence-corrected chi connectivity index (χ1v) is 7.18. The zero-order valence-corrected chi connectivity index (χ0v) is 12.1. The Labute approximate surface area is 124 Å². The summed E-state index contributed by atoms with van der Waals surface area (Å²) in [6.45, 7) is 4.19. The Morgan fingerprint density at radius 3 is 2.48 bits per heavy atom. The smallest absolute Gasteiger partial charge is 0.251 e. The van der Waals surface area contributed by atoms with Gasteiger partial charge in [-0.15, -0.1) is 0 Å². The summed E-state index contributed by atoms with van der Waals surface area (Å²) in [6, 6.07) is 13.8. The van der Waals surface area contributed by atoms with Crippen LogP contribution < -0.4 is 16.0 Å². The molecule has 1 heterocycles. The van der Waals surface area contributed by atoms with E-state index in [0.29, 0.717) is 17.8 Å². The fourth-order valence-corrected chi connectivity index (χ4v) is 2.72. The molecule has 0 radical (unpaired) electrons. The number of hydrogen-bond donors (Lipinski definition) is 2. The first-order chi connectivity index (χ1) is 10.2. The maximum atomic E-state index is 12.0. The zero-order chi connectivity index (χ0) is 14.8. The summed E-state index contributed by atoms with van der Waals surface area (Å²) in [7, 11) is 0. The summed E-state index contributed by atoms with van der Waals surface area (Å²) in [6.07, 6.45) is 0. The van der Waals surface area contributed by atoms with Gasteiger partial charge < -0.3 is 16.0 Å². The lowest BCUT2D eigenvalue weighted by molar-refractivity contribution is 0.0956. The van der Waals surface area contributed by atoms with Gasteiger partial charge in [-0.05, 0) is 36.2 Å². The fraction of sp³-hybridized carbons (Fsp3) is 0.235. The van der Waals surface area contributed by atoms with Gasteiger partial charge in [-0.2, -0.15) is 0 Å². The van der Waals surface area contributed by atoms with Crippen molar-refractivity contribution < 1.29 is 4.79 Å². The summed E-state index contributed by atoms with van der Waals surface area (Å²) in [4.78, 5) is 14.2. The monoisotopic (exact) mass is 281 g/mol. The van der Waals surface area contributed by atoms with E-state index in [-0.39, 0.29) is 5.91 Å². The number of nitrogens with zero attached hydrogens (tertiary/aromatic N) is 1. The first-order valence-electron chi connectivity index (χ1n) is 7.18. The van der Waals surface area contributed by atoms with Gasteiger partial charge in [0.2, 0.25) is 0 Å². The van der Waals surface area contributed by atoms with E-state index in [2.05, 4.69) is 34.5 Å². The molecule has 1 aliphatic rings. The van der Waals surface area contributed by atoms with Gasteiger partial charge in [-0.1, -0.05) is 24.3 Å². The zero-order valence-electron chi connectivity index (χ0n) is 12.1. The fourth-order valence-electron chi connectivity index (χ4n) is 2.72. The minimum absolute atomic E-state index is 0.0598. The molecule has 3 N–H and O–H groups in total. The number of carbonyl (C=O) groups excluding carboxylic acids is 1. The van der Waals surface area contributed by atoms with E-state index in [9.17, 15) is 4.79 Å². The number of rotatable bonds is 3. The van der Waals surface area contributed by atoms with Gasteiger partial charge in [0.25, 0.3) is 5.91 Å². The quantitative estimate of drug-likeness (QED) is 0.850. The van der Waals surface area contributed by atoms with E-state index in [0.717, 1.165) is 18.8 Å². The molecule has 21 heavy (non-hydrogen) atoms. The van der Waals surface area contributed by atoms with E-state index in [1.165, 1.54) is 11.1 Å². The lowest BCUT2D eigenvalue weighted by atomic mass is 10.1. The molecule has 0 spiro atoms. The van der Waals surface area contributed by atoms with Crippen molar-refractivity contribution in [3.63, 3.8) is 0 Å². The van der Waals surface area contributed by atoms with E-state index in [4.69, 9.17) is 5.73 Å². The molecule has 2 aromatic rings. The molecular weight excluding hydrogens is 262 g/mol. The number of fused-ring (bicyclic) bond motifs is 1. The van der Waals surface area contributed by atoms with Crippen molar-refractivity contribution >= 4 is 17.3 Å². The lowest BCUT2D eigenvalue weighted by Gasteiger charge is -2.20. The largest absolute Gasteiger partial charge is 0.397 e. The molecule has 0 fully saturated rings. The Morgan fingerprint density at radius 1 is 1.19 bits per heavy atom. The summed E-state index contributed by atoms with van der Waals surface area (Å²) in [5.74, 6) is -0.0598. The molecule has 0 aliphatic carbocycles. The third kappa shape index (κ3) is 2.57. The van der Waals surface area contributed by atoms with E-state index in [1.807, 2.05) is 19.1 Å². The van der Waals surface area contributed by atoms with Crippen molar-refractivity contribution in [2.75, 3.05) is 17.2 Å². The first kappa shape index (κ1) is 13.5. The number of nitrogen functional groups attached to an aromatic ring is 1. The predicted molar refractivity (Wildman–Crippen MR) is 85.2 cm³/mol. The minimum Gasteiger partial charge on any atom is -0.397 e. The third-order valence-corrected chi connectivity index (χ3v) is 3.81. The number of anilines is 2. The number of nitrogens with one attached hydrogen (secondary N) is 1. The Balaban J connectivity index is 1.89. The van der Waals surface area contributed by atoms with Crippen LogP contribution in [0.3, 0.4) is 0 Å². The molecule has 4 nitrogen and oxygen atoms in total. The Kier molecular flexibility index (Phi) is 3.52. The number of amides is 1. The van der Waals surface area contributed by atoms with Gasteiger partial charge in [0, 0.05) is 25.2 Å². The highest BCUT2D eigenvalue weighted by Crippen LogP contribution is 2.32. The SMILES string of the molecule is CCNC(=O)c1ccc(N)c(N2Cc3ccccc3C2)c1. The summed E-state index contributed by atoms with van der Waals surface area (Å²) >= 11 is 0. The molecule has 1 amide bonds. The van der Waals surface area contributed by atoms with Gasteiger partial charge in [0.1, 0.15) is 0 Å². The molecule has 108 valence electrons. The molecule has 3 rings (SSSR count). The minimum atomic E-state index is -0.0598. The van der Waals surface area contributed by atoms with Crippen LogP contribution in [0.2, 0.25) is 0 Å². The van der Waals surface area contributed by atoms with Gasteiger partial charge in [-0.3, -0.25) is 4.79 Å². The van der Waals surface area contributed by atoms with Crippen LogP contribution in [-0.2, 0) is 13.1 Å². The summed E-state index contributed by atoms with van der Waals surface area (Å²) in [5, 5.41) is 2.82. The predicted octanol–water partition coefficient (Wildman–Crippen LogP) is 2.54. The van der Waals surface area contributed by atoms with Crippen molar-refractivity contribution in [3.05, 3.63) is 59.2 Å². The van der Waals surface area contributed by atoms with Crippen LogP contribution in [0.25, 0.3) is 0 Å². The summed E-state index contributed by atoms with van der Waals surface area (Å²) in [5.41, 5.74) is 11.0. The van der Waals surface area contributed by atoms with Crippen molar-refractivity contribution in [3.8, 4) is 0 Å². The highest BCUT2D eigenvalue weighted by atomic mass is 16.1. The maximum Gasteiger partial charge on any atom is 0.251 e. The molecule has 0 saturated carbocycles. The van der Waals surface area contributed by atoms with Crippen LogP contribution in [0, 0.1) is 0 Å². The van der Waals surface area contributed by atoms with Gasteiger partial charge in [0.15, 0.2) is 0 Å². The second-order valence-electron chi connectivity index (χ2n) is 5.26. The average Bonchev–Trinajstić information content (AvgIpc) is 2.91. The second-order valence-corrected chi connectivity index (χ2v) is 5.26. The van der Waals surface area contributed by atoms with Crippen molar-refractivity contribution in [2.24, 2.45) is 0 Å². The third-order valence-electron chi connectivity index (χ3n) is 3.81. The Hall–Kier alpha value is -2.49. The highest BCUT2D eigenvalue weighted by molar-refractivity contribution is 5.96. The standard InChI is InChI=1S/C17H19N3O/c1-2-19-17(21)12-7-8-15(18)16(9-12)20-10-13-5-3-4-6-14(13)11-20/h3-9H,2,10-11,18H2,1H3,(H,19,21). The van der Waals surface area contributed by atoms with Gasteiger partial charge in [-0.25, -0.2) is 0 Å². The highest BCUT2D eigenvalue weighted by Gasteiger charge is 2.21. The van der Waals surface area contributed by atoms with Crippen molar-refractivity contribution in [2.45, 2.75) is 20.0 Å². The normalized spacial score (nSPS) is 13.1. The number of carbonyl (C=O) groups is 1. The molecule has 0 saturated heterocycles. The van der Waals surface area contributed by atoms with Crippen LogP contribution in [-0.4, -0.2) is 12.5 Å². The molecule has 0 atom stereocenters. The maximum absolute atomic E-state index is 12.0. The molecule has 2 aromatic carbocycles. The van der Waals surface area contributed by atoms with Crippen LogP contribution in [0.15, 0.2) is 42.5 Å². The average molecular weight is 281 g/mol. The number of benzene rings is 2. The molecule has 1 aliphatic heterocycles. The van der Waals surface area contributed by atoms with E-state index in [1.54, 1.807) is 6.07 Å². The van der Waals surface area contributed by atoms with Crippen molar-refractivity contribution in [1.29, 1.82) is 0 Å². The molecular formula is C17H19N3O.